The molecule has 0 aliphatic rings. The second kappa shape index (κ2) is 3.18. The Morgan fingerprint density at radius 3 is 2.93 bits per heavy atom. The zero-order valence-electron chi connectivity index (χ0n) is 7.18. The highest BCUT2D eigenvalue weighted by Crippen LogP contribution is 2.15. The molecule has 0 unspecified atom stereocenters. The minimum atomic E-state index is -0.375. The number of aromatic nitrogens is 4. The van der Waals surface area contributed by atoms with Crippen LogP contribution in [0.5, 0.6) is 5.88 Å². The van der Waals surface area contributed by atoms with E-state index in [0.717, 1.165) is 11.5 Å². The number of rotatable bonds is 1. The molecule has 0 saturated carbocycles. The van der Waals surface area contributed by atoms with Crippen molar-refractivity contribution in [3.8, 4) is 17.4 Å². The van der Waals surface area contributed by atoms with Gasteiger partial charge in [-0.3, -0.25) is 4.79 Å². The van der Waals surface area contributed by atoms with E-state index in [-0.39, 0.29) is 22.8 Å². The van der Waals surface area contributed by atoms with Gasteiger partial charge in [0, 0.05) is 5.38 Å². The van der Waals surface area contributed by atoms with Crippen molar-refractivity contribution >= 4 is 11.5 Å². The highest BCUT2D eigenvalue weighted by Gasteiger charge is 2.09. The molecule has 0 aliphatic carbocycles. The molecule has 0 aromatic carbocycles. The van der Waals surface area contributed by atoms with Gasteiger partial charge in [0.15, 0.2) is 5.82 Å². The number of nitrogens with zero attached hydrogens (tertiary/aromatic N) is 3. The van der Waals surface area contributed by atoms with Gasteiger partial charge in [0.1, 0.15) is 5.69 Å². The zero-order chi connectivity index (χ0) is 10.1. The number of hydrogen-bond donors (Lipinski definition) is 2. The maximum absolute atomic E-state index is 11.3. The maximum Gasteiger partial charge on any atom is 0.257 e. The Morgan fingerprint density at radius 2 is 2.36 bits per heavy atom. The normalized spacial score (nSPS) is 10.4. The highest BCUT2D eigenvalue weighted by molar-refractivity contribution is 7.03. The molecule has 0 radical (unpaired) electrons. The number of aromatic amines is 1. The fourth-order valence-electron chi connectivity index (χ4n) is 0.910. The fraction of sp³-hybridized carbons (Fsp3) is 0.143. The van der Waals surface area contributed by atoms with Gasteiger partial charge in [-0.1, -0.05) is 4.49 Å². The third kappa shape index (κ3) is 1.37. The van der Waals surface area contributed by atoms with E-state index in [1.54, 1.807) is 5.38 Å². The molecule has 6 nitrogen and oxygen atoms in total. The van der Waals surface area contributed by atoms with Crippen LogP contribution in [-0.4, -0.2) is 24.7 Å². The van der Waals surface area contributed by atoms with Crippen molar-refractivity contribution < 1.29 is 5.11 Å². The molecule has 14 heavy (non-hydrogen) atoms. The lowest BCUT2D eigenvalue weighted by atomic mass is 10.3. The van der Waals surface area contributed by atoms with E-state index in [4.69, 9.17) is 0 Å². The average molecular weight is 210 g/mol. The topological polar surface area (TPSA) is 91.8 Å². The van der Waals surface area contributed by atoms with Crippen LogP contribution < -0.4 is 5.56 Å². The first-order valence-corrected chi connectivity index (χ1v) is 4.59. The van der Waals surface area contributed by atoms with Crippen LogP contribution in [0.2, 0.25) is 0 Å². The van der Waals surface area contributed by atoms with E-state index in [0.29, 0.717) is 5.69 Å². The summed E-state index contributed by atoms with van der Waals surface area (Å²) in [5.41, 5.74) is 0.264. The van der Waals surface area contributed by atoms with Gasteiger partial charge >= 0.3 is 0 Å². The fourth-order valence-corrected chi connectivity index (χ4v) is 1.35. The maximum atomic E-state index is 11.3. The van der Waals surface area contributed by atoms with Crippen molar-refractivity contribution in [2.75, 3.05) is 0 Å². The van der Waals surface area contributed by atoms with Gasteiger partial charge in [-0.25, -0.2) is 0 Å². The van der Waals surface area contributed by atoms with Crippen LogP contribution in [0.15, 0.2) is 10.2 Å². The molecule has 0 spiro atoms. The molecular weight excluding hydrogens is 204 g/mol. The summed E-state index contributed by atoms with van der Waals surface area (Å²) < 4.78 is 3.63. The number of aromatic hydroxyl groups is 1. The smallest absolute Gasteiger partial charge is 0.257 e. The molecule has 0 fully saturated rings. The predicted octanol–water partition coefficient (Wildman–Crippen LogP) is 0.302. The minimum absolute atomic E-state index is 0.192. The van der Waals surface area contributed by atoms with Crippen molar-refractivity contribution in [1.29, 1.82) is 0 Å². The average Bonchev–Trinajstić information content (AvgIpc) is 2.66. The van der Waals surface area contributed by atoms with Crippen LogP contribution >= 0.6 is 11.5 Å². The summed E-state index contributed by atoms with van der Waals surface area (Å²) in [5.74, 6) is -0.0522. The van der Waals surface area contributed by atoms with E-state index < -0.39 is 0 Å². The second-order valence-electron chi connectivity index (χ2n) is 2.65. The van der Waals surface area contributed by atoms with Crippen molar-refractivity contribution in [3.05, 3.63) is 21.3 Å². The first kappa shape index (κ1) is 8.82. The van der Waals surface area contributed by atoms with Crippen molar-refractivity contribution in [1.82, 2.24) is 19.6 Å². The lowest BCUT2D eigenvalue weighted by Crippen LogP contribution is -2.12. The number of H-pyrrole nitrogens is 1. The van der Waals surface area contributed by atoms with Crippen LogP contribution in [0.1, 0.15) is 5.56 Å². The largest absolute Gasteiger partial charge is 0.493 e. The Balaban J connectivity index is 2.63. The van der Waals surface area contributed by atoms with E-state index >= 15 is 0 Å². The van der Waals surface area contributed by atoms with Crippen molar-refractivity contribution in [2.45, 2.75) is 6.92 Å². The van der Waals surface area contributed by atoms with Gasteiger partial charge < -0.3 is 10.1 Å². The summed E-state index contributed by atoms with van der Waals surface area (Å²) in [4.78, 5) is 17.5. The minimum Gasteiger partial charge on any atom is -0.493 e. The van der Waals surface area contributed by atoms with Gasteiger partial charge in [0.2, 0.25) is 5.88 Å². The first-order chi connectivity index (χ1) is 6.68. The molecular formula is C7H6N4O2S. The van der Waals surface area contributed by atoms with Crippen molar-refractivity contribution in [2.24, 2.45) is 0 Å². The van der Waals surface area contributed by atoms with Crippen LogP contribution in [0, 0.1) is 6.92 Å². The predicted molar refractivity (Wildman–Crippen MR) is 50.2 cm³/mol. The van der Waals surface area contributed by atoms with E-state index in [1.165, 1.54) is 6.92 Å². The lowest BCUT2D eigenvalue weighted by Gasteiger charge is -1.98. The Bertz CT molecular complexity index is 505. The zero-order valence-corrected chi connectivity index (χ0v) is 8.00. The Kier molecular flexibility index (Phi) is 2.01. The lowest BCUT2D eigenvalue weighted by molar-refractivity contribution is 0.447. The van der Waals surface area contributed by atoms with E-state index in [1.807, 2.05) is 0 Å². The molecule has 0 atom stereocenters. The Hall–Kier alpha value is -1.76. The van der Waals surface area contributed by atoms with Gasteiger partial charge in [0.25, 0.3) is 5.56 Å². The van der Waals surface area contributed by atoms with Gasteiger partial charge in [-0.05, 0) is 18.5 Å². The van der Waals surface area contributed by atoms with Gasteiger partial charge in [0.05, 0.1) is 5.56 Å². The third-order valence-corrected chi connectivity index (χ3v) is 2.23. The molecule has 2 rings (SSSR count). The molecule has 2 aromatic rings. The van der Waals surface area contributed by atoms with Crippen LogP contribution in [0.4, 0.5) is 0 Å². The van der Waals surface area contributed by atoms with Crippen LogP contribution in [0.25, 0.3) is 11.5 Å². The van der Waals surface area contributed by atoms with E-state index in [9.17, 15) is 9.90 Å². The SMILES string of the molecule is Cc1c(O)nc(-c2csnn2)[nH]c1=O. The first-order valence-electron chi connectivity index (χ1n) is 3.76. The molecule has 2 heterocycles. The molecule has 2 N–H and O–H groups in total. The molecule has 0 saturated heterocycles. The molecule has 7 heteroatoms. The van der Waals surface area contributed by atoms with Crippen LogP contribution in [0.3, 0.4) is 0 Å². The number of nitrogens with one attached hydrogen (secondary N) is 1. The molecule has 0 bridgehead atoms. The monoisotopic (exact) mass is 210 g/mol. The molecule has 72 valence electrons. The highest BCUT2D eigenvalue weighted by atomic mass is 32.1. The summed E-state index contributed by atoms with van der Waals surface area (Å²) in [5, 5.41) is 14.7. The quantitative estimate of drug-likeness (QED) is 0.706. The second-order valence-corrected chi connectivity index (χ2v) is 3.26. The standard InChI is InChI=1S/C7H6N4O2S/c1-3-6(12)8-5(9-7(3)13)4-2-14-11-10-4/h2H,1H3,(H2,8,9,12,13). The molecule has 2 aromatic heterocycles. The van der Waals surface area contributed by atoms with E-state index in [2.05, 4.69) is 19.6 Å². The summed E-state index contributed by atoms with van der Waals surface area (Å²) >= 11 is 1.15. The third-order valence-electron chi connectivity index (χ3n) is 1.73. The summed E-state index contributed by atoms with van der Waals surface area (Å²) in [7, 11) is 0. The summed E-state index contributed by atoms with van der Waals surface area (Å²) in [6.07, 6.45) is 0. The number of hydrogen-bond acceptors (Lipinski definition) is 6. The Morgan fingerprint density at radius 1 is 1.57 bits per heavy atom. The Labute approximate surface area is 82.4 Å². The molecule has 0 aliphatic heterocycles. The van der Waals surface area contributed by atoms with Crippen LogP contribution in [-0.2, 0) is 0 Å². The summed E-state index contributed by atoms with van der Waals surface area (Å²) in [6, 6.07) is 0. The summed E-state index contributed by atoms with van der Waals surface area (Å²) in [6.45, 7) is 1.49. The van der Waals surface area contributed by atoms with Gasteiger partial charge in [-0.15, -0.1) is 5.10 Å². The molecule has 0 amide bonds. The van der Waals surface area contributed by atoms with Crippen molar-refractivity contribution in [3.63, 3.8) is 0 Å². The van der Waals surface area contributed by atoms with Gasteiger partial charge in [-0.2, -0.15) is 4.98 Å².